The highest BCUT2D eigenvalue weighted by Crippen LogP contribution is 2.29. The summed E-state index contributed by atoms with van der Waals surface area (Å²) in [5, 5.41) is 10.5. The van der Waals surface area contributed by atoms with E-state index in [4.69, 9.17) is 0 Å². The Kier molecular flexibility index (Phi) is 4.20. The van der Waals surface area contributed by atoms with Crippen molar-refractivity contribution in [3.63, 3.8) is 0 Å². The average Bonchev–Trinajstić information content (AvgIpc) is 2.39. The maximum Gasteiger partial charge on any atom is 0.104 e. The van der Waals surface area contributed by atoms with Crippen LogP contribution in [0.2, 0.25) is 0 Å². The Hall–Kier alpha value is -1.12. The summed E-state index contributed by atoms with van der Waals surface area (Å²) < 4.78 is 1.02. The molecule has 2 heteroatoms. The van der Waals surface area contributed by atoms with Gasteiger partial charge in [-0.25, -0.2) is 0 Å². The smallest absolute Gasteiger partial charge is 0.104 e. The summed E-state index contributed by atoms with van der Waals surface area (Å²) >= 11 is 3.41. The van der Waals surface area contributed by atoms with Gasteiger partial charge in [0.15, 0.2) is 0 Å². The van der Waals surface area contributed by atoms with Gasteiger partial charge in [-0.2, -0.15) is 0 Å². The van der Waals surface area contributed by atoms with Crippen LogP contribution in [0.5, 0.6) is 0 Å². The molecular weight excluding hydrogens is 288 g/mol. The van der Waals surface area contributed by atoms with Gasteiger partial charge in [0.2, 0.25) is 0 Å². The predicted octanol–water partition coefficient (Wildman–Crippen LogP) is 4.65. The lowest BCUT2D eigenvalue weighted by Crippen LogP contribution is -2.04. The largest absolute Gasteiger partial charge is 0.384 e. The lowest BCUT2D eigenvalue weighted by atomic mass is 9.91. The van der Waals surface area contributed by atoms with E-state index < -0.39 is 6.10 Å². The van der Waals surface area contributed by atoms with E-state index in [2.05, 4.69) is 35.8 Å². The molecule has 0 aliphatic rings. The van der Waals surface area contributed by atoms with E-state index in [0.29, 0.717) is 5.92 Å². The molecule has 0 fully saturated rings. The van der Waals surface area contributed by atoms with Gasteiger partial charge in [-0.3, -0.25) is 0 Å². The summed E-state index contributed by atoms with van der Waals surface area (Å²) in [6, 6.07) is 15.9. The summed E-state index contributed by atoms with van der Waals surface area (Å²) in [6.45, 7) is 4.29. The summed E-state index contributed by atoms with van der Waals surface area (Å²) in [6.07, 6.45) is -0.559. The topological polar surface area (TPSA) is 20.2 Å². The van der Waals surface area contributed by atoms with E-state index in [1.54, 1.807) is 0 Å². The van der Waals surface area contributed by atoms with Crippen molar-refractivity contribution in [3.05, 3.63) is 69.7 Å². The van der Waals surface area contributed by atoms with Gasteiger partial charge in [-0.15, -0.1) is 0 Å². The van der Waals surface area contributed by atoms with Crippen LogP contribution in [-0.4, -0.2) is 5.11 Å². The van der Waals surface area contributed by atoms with Crippen LogP contribution in [0, 0.1) is 0 Å². The molecule has 0 aliphatic carbocycles. The molecule has 18 heavy (non-hydrogen) atoms. The first-order valence-corrected chi connectivity index (χ1v) is 6.91. The number of halogens is 1. The van der Waals surface area contributed by atoms with Gasteiger partial charge < -0.3 is 5.11 Å². The molecule has 0 unspecified atom stereocenters. The van der Waals surface area contributed by atoms with Crippen molar-refractivity contribution in [1.29, 1.82) is 0 Å². The van der Waals surface area contributed by atoms with Crippen molar-refractivity contribution in [2.75, 3.05) is 0 Å². The molecule has 0 radical (unpaired) electrons. The summed E-state index contributed by atoms with van der Waals surface area (Å²) in [7, 11) is 0. The first-order chi connectivity index (χ1) is 8.59. The number of aliphatic hydroxyl groups is 1. The lowest BCUT2D eigenvalue weighted by molar-refractivity contribution is 0.219. The molecular formula is C16H17BrO. The SMILES string of the molecule is CC(C)c1ccccc1[C@@H](O)c1ccc(Br)cc1. The van der Waals surface area contributed by atoms with Crippen LogP contribution >= 0.6 is 15.9 Å². The van der Waals surface area contributed by atoms with E-state index in [0.717, 1.165) is 15.6 Å². The second kappa shape index (κ2) is 5.68. The Morgan fingerprint density at radius 3 is 2.00 bits per heavy atom. The molecule has 0 saturated heterocycles. The molecule has 94 valence electrons. The van der Waals surface area contributed by atoms with Crippen LogP contribution in [0.25, 0.3) is 0 Å². The maximum atomic E-state index is 10.5. The Labute approximate surface area is 117 Å². The van der Waals surface area contributed by atoms with Gasteiger partial charge in [0.25, 0.3) is 0 Å². The molecule has 1 N–H and O–H groups in total. The molecule has 0 aliphatic heterocycles. The van der Waals surface area contributed by atoms with E-state index in [-0.39, 0.29) is 0 Å². The highest BCUT2D eigenvalue weighted by atomic mass is 79.9. The third-order valence-electron chi connectivity index (χ3n) is 3.10. The molecule has 0 heterocycles. The molecule has 0 amide bonds. The molecule has 1 nitrogen and oxygen atoms in total. The van der Waals surface area contributed by atoms with Crippen LogP contribution in [0.3, 0.4) is 0 Å². The minimum absolute atomic E-state index is 0.409. The average molecular weight is 305 g/mol. The van der Waals surface area contributed by atoms with Crippen LogP contribution in [-0.2, 0) is 0 Å². The molecule has 0 aromatic heterocycles. The Balaban J connectivity index is 2.39. The van der Waals surface area contributed by atoms with Crippen LogP contribution in [0.15, 0.2) is 53.0 Å². The van der Waals surface area contributed by atoms with Gasteiger partial charge in [0, 0.05) is 4.47 Å². The Morgan fingerprint density at radius 2 is 1.44 bits per heavy atom. The number of benzene rings is 2. The van der Waals surface area contributed by atoms with Crippen LogP contribution in [0.1, 0.15) is 42.6 Å². The van der Waals surface area contributed by atoms with E-state index in [1.807, 2.05) is 42.5 Å². The molecule has 0 saturated carbocycles. The first-order valence-electron chi connectivity index (χ1n) is 6.12. The van der Waals surface area contributed by atoms with Crippen molar-refractivity contribution in [2.24, 2.45) is 0 Å². The third kappa shape index (κ3) is 2.82. The molecule has 2 rings (SSSR count). The van der Waals surface area contributed by atoms with Crippen LogP contribution < -0.4 is 0 Å². The maximum absolute atomic E-state index is 10.5. The second-order valence-corrected chi connectivity index (χ2v) is 5.65. The van der Waals surface area contributed by atoms with Gasteiger partial charge in [-0.1, -0.05) is 66.2 Å². The van der Waals surface area contributed by atoms with Crippen molar-refractivity contribution in [1.82, 2.24) is 0 Å². The summed E-state index contributed by atoms with van der Waals surface area (Å²) in [5.74, 6) is 0.409. The minimum Gasteiger partial charge on any atom is -0.384 e. The van der Waals surface area contributed by atoms with Gasteiger partial charge in [-0.05, 0) is 34.7 Å². The monoisotopic (exact) mass is 304 g/mol. The molecule has 0 bridgehead atoms. The summed E-state index contributed by atoms with van der Waals surface area (Å²) in [4.78, 5) is 0. The number of aliphatic hydroxyl groups excluding tert-OH is 1. The van der Waals surface area contributed by atoms with Gasteiger partial charge in [0.1, 0.15) is 6.10 Å². The van der Waals surface area contributed by atoms with Crippen molar-refractivity contribution in [3.8, 4) is 0 Å². The zero-order chi connectivity index (χ0) is 13.1. The normalized spacial score (nSPS) is 12.7. The highest BCUT2D eigenvalue weighted by Gasteiger charge is 2.15. The van der Waals surface area contributed by atoms with E-state index in [9.17, 15) is 5.11 Å². The predicted molar refractivity (Wildman–Crippen MR) is 78.7 cm³/mol. The van der Waals surface area contributed by atoms with Crippen LogP contribution in [0.4, 0.5) is 0 Å². The van der Waals surface area contributed by atoms with Gasteiger partial charge >= 0.3 is 0 Å². The molecule has 2 aromatic rings. The van der Waals surface area contributed by atoms with Gasteiger partial charge in [0.05, 0.1) is 0 Å². The second-order valence-electron chi connectivity index (χ2n) is 4.74. The Bertz CT molecular complexity index is 517. The number of hydrogen-bond donors (Lipinski definition) is 1. The fraction of sp³-hybridized carbons (Fsp3) is 0.250. The Morgan fingerprint density at radius 1 is 0.889 bits per heavy atom. The number of hydrogen-bond acceptors (Lipinski definition) is 1. The standard InChI is InChI=1S/C16H17BrO/c1-11(2)14-5-3-4-6-15(14)16(18)12-7-9-13(17)10-8-12/h3-11,16,18H,1-2H3/t16-/m0/s1. The van der Waals surface area contributed by atoms with E-state index >= 15 is 0 Å². The van der Waals surface area contributed by atoms with Crippen molar-refractivity contribution in [2.45, 2.75) is 25.9 Å². The molecule has 2 aromatic carbocycles. The van der Waals surface area contributed by atoms with E-state index in [1.165, 1.54) is 5.56 Å². The first kappa shape index (κ1) is 13.3. The zero-order valence-corrected chi connectivity index (χ0v) is 12.2. The van der Waals surface area contributed by atoms with Crippen molar-refractivity contribution < 1.29 is 5.11 Å². The number of rotatable bonds is 3. The fourth-order valence-electron chi connectivity index (χ4n) is 2.11. The molecule has 1 atom stereocenters. The van der Waals surface area contributed by atoms with Crippen molar-refractivity contribution >= 4 is 15.9 Å². The summed E-state index contributed by atoms with van der Waals surface area (Å²) in [5.41, 5.74) is 3.12. The quantitative estimate of drug-likeness (QED) is 0.875. The zero-order valence-electron chi connectivity index (χ0n) is 10.6. The highest BCUT2D eigenvalue weighted by molar-refractivity contribution is 9.10. The lowest BCUT2D eigenvalue weighted by Gasteiger charge is -2.18. The minimum atomic E-state index is -0.559. The third-order valence-corrected chi connectivity index (χ3v) is 3.63. The fourth-order valence-corrected chi connectivity index (χ4v) is 2.37. The molecule has 0 spiro atoms.